The zero-order chi connectivity index (χ0) is 18.7. The number of alkyl halides is 2. The fourth-order valence-electron chi connectivity index (χ4n) is 3.54. The Morgan fingerprint density at radius 3 is 2.46 bits per heavy atom. The first kappa shape index (κ1) is 17.5. The molecule has 1 aromatic carbocycles. The van der Waals surface area contributed by atoms with E-state index in [4.69, 9.17) is 4.52 Å². The van der Waals surface area contributed by atoms with Gasteiger partial charge in [-0.3, -0.25) is 0 Å². The second-order valence-electron chi connectivity index (χ2n) is 7.66. The first-order valence-corrected chi connectivity index (χ1v) is 9.87. The van der Waals surface area contributed by atoms with Crippen LogP contribution in [0.1, 0.15) is 50.2 Å². The van der Waals surface area contributed by atoms with Crippen LogP contribution in [0.3, 0.4) is 0 Å². The normalized spacial score (nSPS) is 27.1. The fraction of sp³-hybridized carbons (Fsp3) is 0.529. The summed E-state index contributed by atoms with van der Waals surface area (Å²) in [6.45, 7) is 3.80. The van der Waals surface area contributed by atoms with Crippen LogP contribution in [0.25, 0.3) is 0 Å². The number of hydrogen-bond donors (Lipinski definition) is 1. The minimum atomic E-state index is -3.67. The van der Waals surface area contributed by atoms with Crippen molar-refractivity contribution in [2.24, 2.45) is 5.41 Å². The highest BCUT2D eigenvalue weighted by molar-refractivity contribution is 7.89. The third-order valence-corrected chi connectivity index (χ3v) is 6.80. The SMILES string of the molecule is CC1(C)[C@H](c2nc(C3CC(F)(F)C3)no2)[C@@H]1NS(=O)(=O)c1ccccc1. The van der Waals surface area contributed by atoms with Crippen LogP contribution >= 0.6 is 0 Å². The van der Waals surface area contributed by atoms with Gasteiger partial charge in [0.2, 0.25) is 21.8 Å². The van der Waals surface area contributed by atoms with Crippen molar-refractivity contribution in [3.8, 4) is 0 Å². The van der Waals surface area contributed by atoms with Gasteiger partial charge < -0.3 is 4.52 Å². The lowest BCUT2D eigenvalue weighted by molar-refractivity contribution is -0.0888. The van der Waals surface area contributed by atoms with Crippen LogP contribution in [0.15, 0.2) is 39.8 Å². The molecule has 0 unspecified atom stereocenters. The van der Waals surface area contributed by atoms with Gasteiger partial charge in [-0.05, 0) is 17.5 Å². The summed E-state index contributed by atoms with van der Waals surface area (Å²) in [6.07, 6.45) is -0.547. The van der Waals surface area contributed by atoms with Crippen molar-refractivity contribution in [3.05, 3.63) is 42.0 Å². The van der Waals surface area contributed by atoms with Gasteiger partial charge in [-0.15, -0.1) is 0 Å². The standard InChI is InChI=1S/C17H19F2N3O3S/c1-16(2)12(13(16)22-26(23,24)11-6-4-3-5-7-11)15-20-14(21-25-15)10-8-17(18,19)9-10/h3-7,10,12-13,22H,8-9H2,1-2H3/t12-,13-/m0/s1. The maximum Gasteiger partial charge on any atom is 0.249 e. The number of aromatic nitrogens is 2. The molecule has 2 aliphatic rings. The van der Waals surface area contributed by atoms with Crippen LogP contribution in [0.2, 0.25) is 0 Å². The van der Waals surface area contributed by atoms with Crippen LogP contribution in [-0.2, 0) is 10.0 Å². The average Bonchev–Trinajstić information content (AvgIpc) is 2.89. The third kappa shape index (κ3) is 2.92. The van der Waals surface area contributed by atoms with Crippen LogP contribution < -0.4 is 4.72 Å². The van der Waals surface area contributed by atoms with Crippen LogP contribution in [-0.4, -0.2) is 30.5 Å². The molecule has 2 aromatic rings. The van der Waals surface area contributed by atoms with E-state index in [1.54, 1.807) is 18.2 Å². The fourth-order valence-corrected chi connectivity index (χ4v) is 4.96. The first-order chi connectivity index (χ1) is 12.1. The lowest BCUT2D eigenvalue weighted by atomic mass is 9.81. The molecule has 2 fully saturated rings. The van der Waals surface area contributed by atoms with Gasteiger partial charge >= 0.3 is 0 Å². The van der Waals surface area contributed by atoms with E-state index in [0.29, 0.717) is 5.89 Å². The summed E-state index contributed by atoms with van der Waals surface area (Å²) in [6, 6.07) is 7.70. The van der Waals surface area contributed by atoms with Crippen molar-refractivity contribution in [3.63, 3.8) is 0 Å². The second-order valence-corrected chi connectivity index (χ2v) is 9.38. The molecule has 2 aliphatic carbocycles. The molecule has 0 bridgehead atoms. The van der Waals surface area contributed by atoms with Gasteiger partial charge in [0.05, 0.1) is 10.8 Å². The van der Waals surface area contributed by atoms with Crippen LogP contribution in [0.4, 0.5) is 8.78 Å². The van der Waals surface area contributed by atoms with E-state index in [1.165, 1.54) is 12.1 Å². The van der Waals surface area contributed by atoms with E-state index < -0.39 is 33.3 Å². The molecule has 4 rings (SSSR count). The smallest absolute Gasteiger partial charge is 0.249 e. The van der Waals surface area contributed by atoms with E-state index in [0.717, 1.165) is 0 Å². The molecule has 2 saturated carbocycles. The van der Waals surface area contributed by atoms with E-state index in [-0.39, 0.29) is 29.5 Å². The van der Waals surface area contributed by atoms with Gasteiger partial charge in [0.25, 0.3) is 0 Å². The summed E-state index contributed by atoms with van der Waals surface area (Å²) in [7, 11) is -3.67. The summed E-state index contributed by atoms with van der Waals surface area (Å²) in [5.74, 6) is -2.77. The molecular formula is C17H19F2N3O3S. The molecule has 0 saturated heterocycles. The molecule has 26 heavy (non-hydrogen) atoms. The highest BCUT2D eigenvalue weighted by Gasteiger charge is 2.63. The van der Waals surface area contributed by atoms with Gasteiger partial charge in [0, 0.05) is 24.8 Å². The minimum Gasteiger partial charge on any atom is -0.339 e. The van der Waals surface area contributed by atoms with Crippen molar-refractivity contribution in [2.75, 3.05) is 0 Å². The number of hydrogen-bond acceptors (Lipinski definition) is 5. The Balaban J connectivity index is 1.50. The molecule has 2 atom stereocenters. The molecule has 0 aliphatic heterocycles. The predicted octanol–water partition coefficient (Wildman–Crippen LogP) is 3.05. The average molecular weight is 383 g/mol. The number of rotatable bonds is 5. The van der Waals surface area contributed by atoms with Crippen LogP contribution in [0, 0.1) is 5.41 Å². The zero-order valence-electron chi connectivity index (χ0n) is 14.3. The Bertz CT molecular complexity index is 920. The summed E-state index contributed by atoms with van der Waals surface area (Å²) in [4.78, 5) is 4.45. The van der Waals surface area contributed by atoms with E-state index in [9.17, 15) is 17.2 Å². The molecule has 1 heterocycles. The van der Waals surface area contributed by atoms with Crippen molar-refractivity contribution in [1.29, 1.82) is 0 Å². The highest BCUT2D eigenvalue weighted by Crippen LogP contribution is 2.59. The van der Waals surface area contributed by atoms with Gasteiger partial charge in [-0.1, -0.05) is 37.2 Å². The number of sulfonamides is 1. The van der Waals surface area contributed by atoms with E-state index >= 15 is 0 Å². The molecular weight excluding hydrogens is 364 g/mol. The van der Waals surface area contributed by atoms with Gasteiger partial charge in [-0.25, -0.2) is 21.9 Å². The zero-order valence-corrected chi connectivity index (χ0v) is 15.1. The maximum absolute atomic E-state index is 13.0. The van der Waals surface area contributed by atoms with Crippen molar-refractivity contribution >= 4 is 10.0 Å². The Morgan fingerprint density at radius 2 is 1.85 bits per heavy atom. The van der Waals surface area contributed by atoms with Gasteiger partial charge in [0.15, 0.2) is 5.82 Å². The maximum atomic E-state index is 13.0. The summed E-state index contributed by atoms with van der Waals surface area (Å²) in [5, 5.41) is 3.82. The molecule has 9 heteroatoms. The summed E-state index contributed by atoms with van der Waals surface area (Å²) in [5.41, 5.74) is -0.408. The topological polar surface area (TPSA) is 85.1 Å². The number of benzene rings is 1. The minimum absolute atomic E-state index is 0.185. The lowest BCUT2D eigenvalue weighted by Crippen LogP contribution is -2.34. The highest BCUT2D eigenvalue weighted by atomic mass is 32.2. The molecule has 140 valence electrons. The molecule has 6 nitrogen and oxygen atoms in total. The number of halogens is 2. The van der Waals surface area contributed by atoms with Gasteiger partial charge in [-0.2, -0.15) is 4.98 Å². The Kier molecular flexibility index (Phi) is 3.75. The first-order valence-electron chi connectivity index (χ1n) is 8.39. The van der Waals surface area contributed by atoms with E-state index in [2.05, 4.69) is 14.9 Å². The molecule has 1 aromatic heterocycles. The molecule has 0 amide bonds. The van der Waals surface area contributed by atoms with Gasteiger partial charge in [0.1, 0.15) is 0 Å². The van der Waals surface area contributed by atoms with Crippen molar-refractivity contribution in [1.82, 2.24) is 14.9 Å². The monoisotopic (exact) mass is 383 g/mol. The quantitative estimate of drug-likeness (QED) is 0.858. The van der Waals surface area contributed by atoms with Crippen LogP contribution in [0.5, 0.6) is 0 Å². The molecule has 1 N–H and O–H groups in total. The second kappa shape index (κ2) is 5.56. The Morgan fingerprint density at radius 1 is 1.19 bits per heavy atom. The van der Waals surface area contributed by atoms with Crippen molar-refractivity contribution in [2.45, 2.75) is 55.4 Å². The summed E-state index contributed by atoms with van der Waals surface area (Å²) < 4.78 is 59.0. The van der Waals surface area contributed by atoms with E-state index in [1.807, 2.05) is 13.8 Å². The third-order valence-electron chi connectivity index (χ3n) is 5.34. The number of nitrogens with zero attached hydrogens (tertiary/aromatic N) is 2. The number of nitrogens with one attached hydrogen (secondary N) is 1. The lowest BCUT2D eigenvalue weighted by Gasteiger charge is -2.32. The molecule has 0 spiro atoms. The predicted molar refractivity (Wildman–Crippen MR) is 88.3 cm³/mol. The largest absolute Gasteiger partial charge is 0.339 e. The molecule has 0 radical (unpaired) electrons. The summed E-state index contributed by atoms with van der Waals surface area (Å²) >= 11 is 0. The van der Waals surface area contributed by atoms with Crippen molar-refractivity contribution < 1.29 is 21.7 Å². The Labute approximate surface area is 150 Å². The Hall–Kier alpha value is -1.87.